The molecule has 7 nitrogen and oxygen atoms in total. The van der Waals surface area contributed by atoms with E-state index in [-0.39, 0.29) is 13.2 Å². The third-order valence-corrected chi connectivity index (χ3v) is 3.60. The van der Waals surface area contributed by atoms with Crippen LogP contribution in [0, 0.1) is 5.41 Å². The molecule has 2 rings (SSSR count). The smallest absolute Gasteiger partial charge is 0.319 e. The second kappa shape index (κ2) is 6.01. The minimum Gasteiger partial charge on any atom is -0.495 e. The van der Waals surface area contributed by atoms with E-state index in [0.717, 1.165) is 0 Å². The molecule has 0 radical (unpaired) electrons. The van der Waals surface area contributed by atoms with E-state index in [0.29, 0.717) is 11.4 Å². The molecule has 0 bridgehead atoms. The van der Waals surface area contributed by atoms with E-state index < -0.39 is 23.5 Å². The molecule has 1 heterocycles. The van der Waals surface area contributed by atoms with Crippen LogP contribution in [-0.4, -0.2) is 43.5 Å². The Morgan fingerprint density at radius 2 is 2.14 bits per heavy atom. The van der Waals surface area contributed by atoms with Gasteiger partial charge in [-0.1, -0.05) is 12.1 Å². The van der Waals surface area contributed by atoms with Crippen molar-refractivity contribution < 1.29 is 24.2 Å². The molecule has 0 aromatic heterocycles. The first-order chi connectivity index (χ1) is 9.97. The molecule has 2 unspecified atom stereocenters. The van der Waals surface area contributed by atoms with E-state index in [1.54, 1.807) is 31.2 Å². The number of rotatable bonds is 4. The first-order valence-corrected chi connectivity index (χ1v) is 6.49. The molecule has 0 aliphatic carbocycles. The molecule has 0 spiro atoms. The van der Waals surface area contributed by atoms with E-state index in [1.165, 1.54) is 7.11 Å². The zero-order valence-electron chi connectivity index (χ0n) is 11.9. The zero-order valence-corrected chi connectivity index (χ0v) is 11.9. The van der Waals surface area contributed by atoms with Crippen molar-refractivity contribution in [3.63, 3.8) is 0 Å². The highest BCUT2D eigenvalue weighted by Crippen LogP contribution is 2.29. The fourth-order valence-electron chi connectivity index (χ4n) is 2.15. The van der Waals surface area contributed by atoms with Gasteiger partial charge in [-0.15, -0.1) is 0 Å². The Kier molecular flexibility index (Phi) is 4.32. The maximum Gasteiger partial charge on any atom is 0.319 e. The Morgan fingerprint density at radius 3 is 2.81 bits per heavy atom. The molecule has 1 aliphatic rings. The number of para-hydroxylation sites is 2. The van der Waals surface area contributed by atoms with Gasteiger partial charge in [0.1, 0.15) is 11.2 Å². The van der Waals surface area contributed by atoms with Crippen molar-refractivity contribution in [2.75, 3.05) is 25.6 Å². The molecule has 1 aromatic carbocycles. The normalized spacial score (nSPS) is 24.4. The number of carbonyl (C=O) groups excluding carboxylic acids is 1. The summed E-state index contributed by atoms with van der Waals surface area (Å²) < 4.78 is 10.3. The summed E-state index contributed by atoms with van der Waals surface area (Å²) in [5.74, 6) is -0.473. The summed E-state index contributed by atoms with van der Waals surface area (Å²) in [7, 11) is 1.50. The molecular formula is C14H18N2O5. The van der Waals surface area contributed by atoms with E-state index in [1.807, 2.05) is 0 Å². The van der Waals surface area contributed by atoms with E-state index >= 15 is 0 Å². The Labute approximate surface area is 122 Å². The Bertz CT molecular complexity index is 548. The second-order valence-electron chi connectivity index (χ2n) is 5.09. The lowest BCUT2D eigenvalue weighted by molar-refractivity contribution is -0.148. The summed E-state index contributed by atoms with van der Waals surface area (Å²) in [6.45, 7) is 1.79. The van der Waals surface area contributed by atoms with Crippen molar-refractivity contribution in [3.8, 4) is 5.75 Å². The van der Waals surface area contributed by atoms with Gasteiger partial charge in [0.2, 0.25) is 0 Å². The molecule has 2 amide bonds. The van der Waals surface area contributed by atoms with Crippen LogP contribution in [0.3, 0.4) is 0 Å². The molecule has 1 aliphatic heterocycles. The maximum absolute atomic E-state index is 12.0. The molecular weight excluding hydrogens is 276 g/mol. The Balaban J connectivity index is 2.03. The molecule has 3 N–H and O–H groups in total. The van der Waals surface area contributed by atoms with Crippen molar-refractivity contribution in [1.82, 2.24) is 5.32 Å². The van der Waals surface area contributed by atoms with Crippen molar-refractivity contribution in [3.05, 3.63) is 24.3 Å². The number of carboxylic acid groups (broad SMARTS) is 1. The van der Waals surface area contributed by atoms with Crippen LogP contribution in [0.2, 0.25) is 0 Å². The summed E-state index contributed by atoms with van der Waals surface area (Å²) in [4.78, 5) is 23.3. The van der Waals surface area contributed by atoms with Gasteiger partial charge in [0, 0.05) is 0 Å². The number of carboxylic acids is 1. The predicted molar refractivity (Wildman–Crippen MR) is 75.5 cm³/mol. The number of nitrogens with one attached hydrogen (secondary N) is 2. The van der Waals surface area contributed by atoms with E-state index in [4.69, 9.17) is 9.47 Å². The number of amides is 2. The van der Waals surface area contributed by atoms with Gasteiger partial charge in [0.25, 0.3) is 0 Å². The Hall–Kier alpha value is -2.28. The van der Waals surface area contributed by atoms with Crippen LogP contribution in [-0.2, 0) is 9.53 Å². The third-order valence-electron chi connectivity index (χ3n) is 3.60. The highest BCUT2D eigenvalue weighted by molar-refractivity contribution is 5.91. The highest BCUT2D eigenvalue weighted by atomic mass is 16.5. The molecule has 1 fully saturated rings. The van der Waals surface area contributed by atoms with Crippen LogP contribution in [0.4, 0.5) is 10.5 Å². The van der Waals surface area contributed by atoms with Gasteiger partial charge >= 0.3 is 12.0 Å². The fraction of sp³-hybridized carbons (Fsp3) is 0.429. The van der Waals surface area contributed by atoms with Crippen LogP contribution in [0.25, 0.3) is 0 Å². The van der Waals surface area contributed by atoms with Crippen molar-refractivity contribution in [2.45, 2.75) is 13.0 Å². The van der Waals surface area contributed by atoms with Gasteiger partial charge in [-0.25, -0.2) is 4.79 Å². The Morgan fingerprint density at radius 1 is 1.43 bits per heavy atom. The highest BCUT2D eigenvalue weighted by Gasteiger charge is 2.47. The fourth-order valence-corrected chi connectivity index (χ4v) is 2.15. The predicted octanol–water partition coefficient (Wildman–Crippen LogP) is 1.31. The van der Waals surface area contributed by atoms with Crippen molar-refractivity contribution in [1.29, 1.82) is 0 Å². The number of hydrogen-bond donors (Lipinski definition) is 3. The first kappa shape index (κ1) is 15.1. The van der Waals surface area contributed by atoms with Crippen LogP contribution in [0.1, 0.15) is 6.92 Å². The SMILES string of the molecule is COc1ccccc1NC(=O)NC1COCC1(C)C(=O)O. The van der Waals surface area contributed by atoms with Gasteiger partial charge in [-0.3, -0.25) is 4.79 Å². The summed E-state index contributed by atoms with van der Waals surface area (Å²) >= 11 is 0. The summed E-state index contributed by atoms with van der Waals surface area (Å²) in [6, 6.07) is 5.87. The molecule has 1 saturated heterocycles. The number of aliphatic carboxylic acids is 1. The average Bonchev–Trinajstić information content (AvgIpc) is 2.82. The standard InChI is InChI=1S/C14H18N2O5/c1-14(12(17)18)8-21-7-11(14)16-13(19)15-9-5-3-4-6-10(9)20-2/h3-6,11H,7-8H2,1-2H3,(H,17,18)(H2,15,16,19). The quantitative estimate of drug-likeness (QED) is 0.778. The lowest BCUT2D eigenvalue weighted by atomic mass is 9.85. The lowest BCUT2D eigenvalue weighted by Gasteiger charge is -2.25. The van der Waals surface area contributed by atoms with Gasteiger partial charge < -0.3 is 25.2 Å². The van der Waals surface area contributed by atoms with Crippen LogP contribution in [0.15, 0.2) is 24.3 Å². The molecule has 2 atom stereocenters. The van der Waals surface area contributed by atoms with Crippen LogP contribution in [0.5, 0.6) is 5.75 Å². The largest absolute Gasteiger partial charge is 0.495 e. The zero-order chi connectivity index (χ0) is 15.5. The minimum absolute atomic E-state index is 0.0714. The summed E-state index contributed by atoms with van der Waals surface area (Å²) in [6.07, 6.45) is 0. The van der Waals surface area contributed by atoms with Gasteiger partial charge in [-0.2, -0.15) is 0 Å². The monoisotopic (exact) mass is 294 g/mol. The number of carbonyl (C=O) groups is 2. The summed E-state index contributed by atoms with van der Waals surface area (Å²) in [5, 5.41) is 14.5. The number of urea groups is 1. The molecule has 7 heteroatoms. The molecule has 0 saturated carbocycles. The van der Waals surface area contributed by atoms with Crippen LogP contribution >= 0.6 is 0 Å². The molecule has 114 valence electrons. The van der Waals surface area contributed by atoms with Gasteiger partial charge in [-0.05, 0) is 19.1 Å². The maximum atomic E-state index is 12.0. The van der Waals surface area contributed by atoms with Crippen LogP contribution < -0.4 is 15.4 Å². The molecule has 21 heavy (non-hydrogen) atoms. The van der Waals surface area contributed by atoms with Gasteiger partial charge in [0.05, 0.1) is 32.1 Å². The van der Waals surface area contributed by atoms with Crippen molar-refractivity contribution in [2.24, 2.45) is 5.41 Å². The minimum atomic E-state index is -1.13. The average molecular weight is 294 g/mol. The third kappa shape index (κ3) is 3.08. The number of ether oxygens (including phenoxy) is 2. The summed E-state index contributed by atoms with van der Waals surface area (Å²) in [5.41, 5.74) is -0.619. The van der Waals surface area contributed by atoms with Crippen molar-refractivity contribution >= 4 is 17.7 Å². The number of hydrogen-bond acceptors (Lipinski definition) is 4. The lowest BCUT2D eigenvalue weighted by Crippen LogP contribution is -2.50. The number of methoxy groups -OCH3 is 1. The topological polar surface area (TPSA) is 96.9 Å². The van der Waals surface area contributed by atoms with Gasteiger partial charge in [0.15, 0.2) is 0 Å². The molecule has 1 aromatic rings. The number of anilines is 1. The first-order valence-electron chi connectivity index (χ1n) is 6.49. The van der Waals surface area contributed by atoms with E-state index in [2.05, 4.69) is 10.6 Å². The second-order valence-corrected chi connectivity index (χ2v) is 5.09. The number of benzene rings is 1. The van der Waals surface area contributed by atoms with E-state index in [9.17, 15) is 14.7 Å².